The first-order valence-electron chi connectivity index (χ1n) is 7.87. The predicted octanol–water partition coefficient (Wildman–Crippen LogP) is 2.26. The number of ether oxygens (including phenoxy) is 1. The fraction of sp³-hybridized carbons (Fsp3) is 0.688. The Balaban J connectivity index is 1.58. The second-order valence-corrected chi connectivity index (χ2v) is 6.26. The van der Waals surface area contributed by atoms with Crippen LogP contribution in [0.2, 0.25) is 0 Å². The predicted molar refractivity (Wildman–Crippen MR) is 79.1 cm³/mol. The van der Waals surface area contributed by atoms with Crippen LogP contribution in [0.4, 0.5) is 0 Å². The van der Waals surface area contributed by atoms with Gasteiger partial charge in [0.1, 0.15) is 11.9 Å². The average molecular weight is 289 g/mol. The van der Waals surface area contributed by atoms with E-state index in [4.69, 9.17) is 4.74 Å². The van der Waals surface area contributed by atoms with Crippen molar-refractivity contribution >= 4 is 5.91 Å². The highest BCUT2D eigenvalue weighted by molar-refractivity contribution is 5.76. The van der Waals surface area contributed by atoms with E-state index in [0.29, 0.717) is 24.2 Å². The minimum atomic E-state index is 0.0515. The van der Waals surface area contributed by atoms with Gasteiger partial charge in [-0.25, -0.2) is 4.98 Å². The molecule has 2 aliphatic rings. The van der Waals surface area contributed by atoms with Crippen molar-refractivity contribution in [2.45, 2.75) is 52.1 Å². The van der Waals surface area contributed by atoms with Gasteiger partial charge in [0.05, 0.1) is 6.54 Å². The molecule has 1 atom stereocenters. The number of amides is 1. The molecule has 0 N–H and O–H groups in total. The first-order valence-corrected chi connectivity index (χ1v) is 7.87. The zero-order chi connectivity index (χ0) is 14.8. The third-order valence-corrected chi connectivity index (χ3v) is 4.12. The molecule has 2 heterocycles. The summed E-state index contributed by atoms with van der Waals surface area (Å²) in [5.41, 5.74) is 0.912. The smallest absolute Gasteiger partial charge is 0.222 e. The van der Waals surface area contributed by atoms with E-state index in [1.807, 2.05) is 24.8 Å². The monoisotopic (exact) mass is 289 g/mol. The van der Waals surface area contributed by atoms with Crippen LogP contribution in [0.5, 0.6) is 5.88 Å². The Labute approximate surface area is 125 Å². The lowest BCUT2D eigenvalue weighted by Crippen LogP contribution is -2.44. The molecule has 1 aliphatic heterocycles. The number of hydrogen-bond acceptors (Lipinski definition) is 4. The van der Waals surface area contributed by atoms with Crippen molar-refractivity contribution < 1.29 is 9.53 Å². The van der Waals surface area contributed by atoms with Gasteiger partial charge in [-0.2, -0.15) is 4.98 Å². The van der Waals surface area contributed by atoms with Crippen LogP contribution in [0.3, 0.4) is 0 Å². The summed E-state index contributed by atoms with van der Waals surface area (Å²) < 4.78 is 5.97. The van der Waals surface area contributed by atoms with Crippen molar-refractivity contribution in [1.82, 2.24) is 14.9 Å². The van der Waals surface area contributed by atoms with Gasteiger partial charge in [-0.15, -0.1) is 0 Å². The van der Waals surface area contributed by atoms with Gasteiger partial charge >= 0.3 is 0 Å². The molecule has 1 aromatic heterocycles. The van der Waals surface area contributed by atoms with Gasteiger partial charge in [-0.3, -0.25) is 4.79 Å². The van der Waals surface area contributed by atoms with E-state index in [2.05, 4.69) is 9.97 Å². The van der Waals surface area contributed by atoms with Crippen LogP contribution in [0, 0.1) is 19.8 Å². The molecule has 1 amide bonds. The molecule has 1 aliphatic carbocycles. The highest BCUT2D eigenvalue weighted by Crippen LogP contribution is 2.33. The molecular weight excluding hydrogens is 266 g/mol. The maximum absolute atomic E-state index is 12.2. The van der Waals surface area contributed by atoms with Gasteiger partial charge in [0, 0.05) is 24.7 Å². The third kappa shape index (κ3) is 3.93. The molecule has 0 spiro atoms. The number of aryl methyl sites for hydroxylation is 2. The van der Waals surface area contributed by atoms with E-state index in [-0.39, 0.29) is 6.10 Å². The number of likely N-dealkylation sites (tertiary alicyclic amines) is 1. The van der Waals surface area contributed by atoms with Crippen molar-refractivity contribution in [3.8, 4) is 5.88 Å². The zero-order valence-corrected chi connectivity index (χ0v) is 12.8. The quantitative estimate of drug-likeness (QED) is 0.853. The largest absolute Gasteiger partial charge is 0.472 e. The molecule has 21 heavy (non-hydrogen) atoms. The Kier molecular flexibility index (Phi) is 4.08. The number of nitrogens with zero attached hydrogens (tertiary/aromatic N) is 3. The second-order valence-electron chi connectivity index (χ2n) is 6.26. The molecule has 0 radical (unpaired) electrons. The van der Waals surface area contributed by atoms with Gasteiger partial charge in [-0.05, 0) is 45.4 Å². The second kappa shape index (κ2) is 6.00. The maximum Gasteiger partial charge on any atom is 0.222 e. The van der Waals surface area contributed by atoms with Gasteiger partial charge in [-0.1, -0.05) is 0 Å². The summed E-state index contributed by atoms with van der Waals surface area (Å²) >= 11 is 0. The Morgan fingerprint density at radius 2 is 2.14 bits per heavy atom. The Morgan fingerprint density at radius 1 is 1.33 bits per heavy atom. The lowest BCUT2D eigenvalue weighted by atomic mass is 10.1. The summed E-state index contributed by atoms with van der Waals surface area (Å²) in [4.78, 5) is 22.7. The molecule has 1 aromatic rings. The van der Waals surface area contributed by atoms with Crippen LogP contribution >= 0.6 is 0 Å². The van der Waals surface area contributed by atoms with Crippen molar-refractivity contribution in [2.24, 2.45) is 5.92 Å². The highest BCUT2D eigenvalue weighted by Gasteiger charge is 2.30. The van der Waals surface area contributed by atoms with E-state index >= 15 is 0 Å². The van der Waals surface area contributed by atoms with E-state index in [0.717, 1.165) is 37.3 Å². The molecule has 5 heteroatoms. The Morgan fingerprint density at radius 3 is 2.86 bits per heavy atom. The molecule has 5 nitrogen and oxygen atoms in total. The fourth-order valence-corrected chi connectivity index (χ4v) is 2.87. The van der Waals surface area contributed by atoms with Gasteiger partial charge < -0.3 is 9.64 Å². The zero-order valence-electron chi connectivity index (χ0n) is 12.8. The van der Waals surface area contributed by atoms with Crippen LogP contribution in [0.25, 0.3) is 0 Å². The summed E-state index contributed by atoms with van der Waals surface area (Å²) in [6, 6.07) is 1.86. The first-order chi connectivity index (χ1) is 10.1. The third-order valence-electron chi connectivity index (χ3n) is 4.12. The normalized spacial score (nSPS) is 22.2. The summed E-state index contributed by atoms with van der Waals surface area (Å²) in [6.07, 6.45) is 5.20. The Hall–Kier alpha value is -1.65. The van der Waals surface area contributed by atoms with Crippen LogP contribution in [-0.2, 0) is 4.79 Å². The molecular formula is C16H23N3O2. The molecule has 1 saturated carbocycles. The number of hydrogen-bond donors (Lipinski definition) is 0. The highest BCUT2D eigenvalue weighted by atomic mass is 16.5. The lowest BCUT2D eigenvalue weighted by Gasteiger charge is -2.32. The minimum Gasteiger partial charge on any atom is -0.472 e. The van der Waals surface area contributed by atoms with Gasteiger partial charge in [0.15, 0.2) is 0 Å². The minimum absolute atomic E-state index is 0.0515. The molecule has 2 fully saturated rings. The molecule has 1 saturated heterocycles. The molecule has 114 valence electrons. The Bertz CT molecular complexity index is 508. The van der Waals surface area contributed by atoms with Crippen molar-refractivity contribution in [3.05, 3.63) is 17.6 Å². The summed E-state index contributed by atoms with van der Waals surface area (Å²) in [6.45, 7) is 5.36. The van der Waals surface area contributed by atoms with Crippen LogP contribution in [0.1, 0.15) is 43.6 Å². The summed E-state index contributed by atoms with van der Waals surface area (Å²) in [5, 5.41) is 0. The first kappa shape index (κ1) is 14.3. The number of piperidine rings is 1. The van der Waals surface area contributed by atoms with Gasteiger partial charge in [0.2, 0.25) is 11.8 Å². The van der Waals surface area contributed by atoms with Crippen molar-refractivity contribution in [3.63, 3.8) is 0 Å². The van der Waals surface area contributed by atoms with E-state index < -0.39 is 0 Å². The maximum atomic E-state index is 12.2. The van der Waals surface area contributed by atoms with Gasteiger partial charge in [0.25, 0.3) is 0 Å². The molecule has 0 bridgehead atoms. The topological polar surface area (TPSA) is 55.3 Å². The lowest BCUT2D eigenvalue weighted by molar-refractivity contribution is -0.134. The van der Waals surface area contributed by atoms with Crippen LogP contribution in [-0.4, -0.2) is 40.0 Å². The van der Waals surface area contributed by atoms with Crippen molar-refractivity contribution in [2.75, 3.05) is 13.1 Å². The standard InChI is InChI=1S/C16H23N3O2/c1-11-8-15(18-12(2)17-11)21-14-4-3-7-19(10-14)16(20)9-13-5-6-13/h8,13-14H,3-7,9-10H2,1-2H3. The number of rotatable bonds is 4. The molecule has 1 unspecified atom stereocenters. The summed E-state index contributed by atoms with van der Waals surface area (Å²) in [7, 11) is 0. The summed E-state index contributed by atoms with van der Waals surface area (Å²) in [5.74, 6) is 2.29. The fourth-order valence-electron chi connectivity index (χ4n) is 2.87. The molecule has 0 aromatic carbocycles. The number of aromatic nitrogens is 2. The SMILES string of the molecule is Cc1cc(OC2CCCN(C(=O)CC3CC3)C2)nc(C)n1. The van der Waals surface area contributed by atoms with E-state index in [1.165, 1.54) is 12.8 Å². The van der Waals surface area contributed by atoms with Crippen molar-refractivity contribution in [1.29, 1.82) is 0 Å². The van der Waals surface area contributed by atoms with E-state index in [9.17, 15) is 4.79 Å². The molecule has 3 rings (SSSR count). The van der Waals surface area contributed by atoms with Crippen LogP contribution < -0.4 is 4.74 Å². The number of carbonyl (C=O) groups excluding carboxylic acids is 1. The van der Waals surface area contributed by atoms with E-state index in [1.54, 1.807) is 0 Å². The average Bonchev–Trinajstić information content (AvgIpc) is 3.21. The number of carbonyl (C=O) groups is 1. The van der Waals surface area contributed by atoms with Crippen LogP contribution in [0.15, 0.2) is 6.07 Å².